The van der Waals surface area contributed by atoms with Crippen molar-refractivity contribution in [3.63, 3.8) is 0 Å². The van der Waals surface area contributed by atoms with Crippen molar-refractivity contribution in [2.24, 2.45) is 23.7 Å². The van der Waals surface area contributed by atoms with Gasteiger partial charge in [0.05, 0.1) is 0 Å². The minimum Gasteiger partial charge on any atom is -0.367 e. The zero-order valence-corrected chi connectivity index (χ0v) is 17.3. The number of rotatable bonds is 5. The van der Waals surface area contributed by atoms with E-state index in [1.807, 2.05) is 0 Å². The van der Waals surface area contributed by atoms with E-state index < -0.39 is 0 Å². The summed E-state index contributed by atoms with van der Waals surface area (Å²) in [5.41, 5.74) is 3.21. The van der Waals surface area contributed by atoms with E-state index in [0.717, 1.165) is 6.54 Å². The second-order valence-corrected chi connectivity index (χ2v) is 9.17. The zero-order chi connectivity index (χ0) is 17.2. The first kappa shape index (κ1) is 19.7. The summed E-state index contributed by atoms with van der Waals surface area (Å²) < 4.78 is 0. The van der Waals surface area contributed by atoms with E-state index in [1.54, 1.807) is 21.1 Å². The highest BCUT2D eigenvalue weighted by Crippen LogP contribution is 2.45. The van der Waals surface area contributed by atoms with Crippen molar-refractivity contribution in [1.82, 2.24) is 4.90 Å². The molecule has 0 saturated carbocycles. The Balaban J connectivity index is 3.54. The first-order valence-corrected chi connectivity index (χ1v) is 9.80. The van der Waals surface area contributed by atoms with E-state index in [-0.39, 0.29) is 0 Å². The maximum absolute atomic E-state index is 2.66. The van der Waals surface area contributed by atoms with Crippen LogP contribution in [0.1, 0.15) is 69.2 Å². The number of hydrogen-bond acceptors (Lipinski definition) is 2. The topological polar surface area (TPSA) is 3.24 Å². The summed E-state index contributed by atoms with van der Waals surface area (Å²) in [6, 6.07) is 0.548. The minimum absolute atomic E-state index is 0.548. The predicted octanol–water partition coefficient (Wildman–Crippen LogP) is 6.53. The van der Waals surface area contributed by atoms with E-state index in [2.05, 4.69) is 85.9 Å². The van der Waals surface area contributed by atoms with Crippen LogP contribution in [0, 0.1) is 23.7 Å². The maximum Gasteiger partial charge on any atom is 0.0402 e. The van der Waals surface area contributed by atoms with Crippen LogP contribution in [0.4, 0.5) is 0 Å². The fourth-order valence-electron chi connectivity index (χ4n) is 3.17. The van der Waals surface area contributed by atoms with Crippen LogP contribution in [0.2, 0.25) is 0 Å². The Bertz CT molecular complexity index is 439. The molecule has 1 aliphatic rings. The molecule has 0 spiro atoms. The van der Waals surface area contributed by atoms with Gasteiger partial charge in [0.15, 0.2) is 0 Å². The van der Waals surface area contributed by atoms with Crippen molar-refractivity contribution in [2.45, 2.75) is 75.3 Å². The maximum atomic E-state index is 2.66. The van der Waals surface area contributed by atoms with Gasteiger partial charge < -0.3 is 4.90 Å². The molecule has 2 heteroatoms. The molecule has 0 aromatic carbocycles. The quantitative estimate of drug-likeness (QED) is 0.565. The van der Waals surface area contributed by atoms with Crippen LogP contribution in [0.15, 0.2) is 21.1 Å². The normalized spacial score (nSPS) is 17.9. The van der Waals surface area contributed by atoms with Crippen molar-refractivity contribution < 1.29 is 0 Å². The molecule has 0 bridgehead atoms. The second kappa shape index (κ2) is 7.95. The Morgan fingerprint density at radius 1 is 0.682 bits per heavy atom. The average Bonchev–Trinajstić information content (AvgIpc) is 2.55. The monoisotopic (exact) mass is 323 g/mol. The highest BCUT2D eigenvalue weighted by Gasteiger charge is 2.30. The fraction of sp³-hybridized carbons (Fsp3) is 0.800. The van der Waals surface area contributed by atoms with E-state index >= 15 is 0 Å². The van der Waals surface area contributed by atoms with Crippen LogP contribution in [0.5, 0.6) is 0 Å². The third-order valence-electron chi connectivity index (χ3n) is 4.35. The summed E-state index contributed by atoms with van der Waals surface area (Å²) in [7, 11) is 0. The van der Waals surface area contributed by atoms with Crippen LogP contribution in [0.3, 0.4) is 0 Å². The van der Waals surface area contributed by atoms with Gasteiger partial charge >= 0.3 is 0 Å². The summed E-state index contributed by atoms with van der Waals surface area (Å²) in [6.45, 7) is 24.6. The molecule has 1 aliphatic heterocycles. The summed E-state index contributed by atoms with van der Waals surface area (Å²) in [5.74, 6) is 2.39. The van der Waals surface area contributed by atoms with Crippen molar-refractivity contribution >= 4 is 11.8 Å². The van der Waals surface area contributed by atoms with Crippen LogP contribution in [-0.2, 0) is 0 Å². The lowest BCUT2D eigenvalue weighted by Crippen LogP contribution is -2.35. The van der Waals surface area contributed by atoms with Gasteiger partial charge in [-0.15, -0.1) is 0 Å². The third kappa shape index (κ3) is 4.34. The number of nitrogens with zero attached hydrogens (tertiary/aromatic N) is 1. The van der Waals surface area contributed by atoms with Crippen molar-refractivity contribution in [3.8, 4) is 0 Å². The van der Waals surface area contributed by atoms with Crippen LogP contribution in [-0.4, -0.2) is 17.5 Å². The summed E-state index contributed by atoms with van der Waals surface area (Å²) in [6.07, 6.45) is 0. The van der Waals surface area contributed by atoms with Gasteiger partial charge in [0, 0.05) is 23.2 Å². The van der Waals surface area contributed by atoms with Crippen molar-refractivity contribution in [3.05, 3.63) is 21.1 Å². The molecule has 128 valence electrons. The molecule has 0 aromatic heterocycles. The lowest BCUT2D eigenvalue weighted by Gasteiger charge is -2.36. The highest BCUT2D eigenvalue weighted by molar-refractivity contribution is 8.06. The van der Waals surface area contributed by atoms with Gasteiger partial charge in [-0.05, 0) is 48.0 Å². The van der Waals surface area contributed by atoms with Gasteiger partial charge in [-0.3, -0.25) is 0 Å². The summed E-state index contributed by atoms with van der Waals surface area (Å²) in [5, 5.41) is 0. The van der Waals surface area contributed by atoms with Gasteiger partial charge in [0.1, 0.15) is 0 Å². The van der Waals surface area contributed by atoms with Crippen LogP contribution >= 0.6 is 11.8 Å². The number of hydrogen-bond donors (Lipinski definition) is 0. The molecular weight excluding hydrogens is 286 g/mol. The zero-order valence-electron chi connectivity index (χ0n) is 16.4. The SMILES string of the molecule is CC(C)C1=C(C(C)C)SC(C(C)C)=C(C(C)C)N(C(C)C)C1. The molecule has 0 unspecified atom stereocenters. The molecule has 0 radical (unpaired) electrons. The Labute approximate surface area is 143 Å². The Kier molecular flexibility index (Phi) is 7.11. The highest BCUT2D eigenvalue weighted by atomic mass is 32.2. The van der Waals surface area contributed by atoms with Gasteiger partial charge in [-0.2, -0.15) is 0 Å². The molecule has 0 saturated heterocycles. The van der Waals surface area contributed by atoms with Crippen LogP contribution < -0.4 is 0 Å². The molecule has 0 atom stereocenters. The summed E-state index contributed by atoms with van der Waals surface area (Å²) >= 11 is 2.08. The molecular formula is C20H37NS. The number of allylic oxidation sites excluding steroid dienone is 3. The number of thioether (sulfide) groups is 1. The van der Waals surface area contributed by atoms with Gasteiger partial charge in [0.25, 0.3) is 0 Å². The second-order valence-electron chi connectivity index (χ2n) is 8.08. The molecule has 0 amide bonds. The van der Waals surface area contributed by atoms with E-state index in [4.69, 9.17) is 0 Å². The lowest BCUT2D eigenvalue weighted by atomic mass is 9.96. The molecule has 0 fully saturated rings. The molecule has 0 N–H and O–H groups in total. The molecule has 1 rings (SSSR count). The smallest absolute Gasteiger partial charge is 0.0402 e. The standard InChI is InChI=1S/C20H37NS/c1-12(2)17-11-21(16(9)10)18(13(3)4)20(15(7)8)22-19(17)14(5)6/h12-16H,11H2,1-10H3. The third-order valence-corrected chi connectivity index (χ3v) is 6.21. The predicted molar refractivity (Wildman–Crippen MR) is 103 cm³/mol. The average molecular weight is 324 g/mol. The fourth-order valence-corrected chi connectivity index (χ4v) is 4.77. The Hall–Kier alpha value is -0.370. The molecule has 0 aliphatic carbocycles. The molecule has 0 aromatic rings. The van der Waals surface area contributed by atoms with E-state index in [9.17, 15) is 0 Å². The first-order chi connectivity index (χ1) is 10.1. The van der Waals surface area contributed by atoms with Crippen molar-refractivity contribution in [2.75, 3.05) is 6.54 Å². The molecule has 1 heterocycles. The Morgan fingerprint density at radius 3 is 1.50 bits per heavy atom. The molecule has 1 nitrogen and oxygen atoms in total. The van der Waals surface area contributed by atoms with E-state index in [1.165, 1.54) is 0 Å². The largest absolute Gasteiger partial charge is 0.367 e. The van der Waals surface area contributed by atoms with Gasteiger partial charge in [0.2, 0.25) is 0 Å². The van der Waals surface area contributed by atoms with Gasteiger partial charge in [-0.25, -0.2) is 0 Å². The van der Waals surface area contributed by atoms with Crippen LogP contribution in [0.25, 0.3) is 0 Å². The minimum atomic E-state index is 0.548. The molecule has 22 heavy (non-hydrogen) atoms. The van der Waals surface area contributed by atoms with Crippen molar-refractivity contribution in [1.29, 1.82) is 0 Å². The van der Waals surface area contributed by atoms with Gasteiger partial charge in [-0.1, -0.05) is 67.2 Å². The Morgan fingerprint density at radius 2 is 1.18 bits per heavy atom. The summed E-state index contributed by atoms with van der Waals surface area (Å²) in [4.78, 5) is 5.86. The van der Waals surface area contributed by atoms with E-state index in [0.29, 0.717) is 29.7 Å². The lowest BCUT2D eigenvalue weighted by molar-refractivity contribution is 0.269. The first-order valence-electron chi connectivity index (χ1n) is 8.99.